The minimum Gasteiger partial charge on any atom is -0.317 e. The zero-order valence-corrected chi connectivity index (χ0v) is 35.1. The van der Waals surface area contributed by atoms with Crippen molar-refractivity contribution in [2.45, 2.75) is 51.4 Å². The molecule has 0 aromatic heterocycles. The maximum atomic E-state index is 3.88. The van der Waals surface area contributed by atoms with E-state index >= 15 is 0 Å². The standard InChI is InChI=1S/C24H49I6NS2/c25-9-1-17-32(18-2-10-26,19-3-11-27)23-7-15-31-16-8-24-33(20-4-12-28,21-5-13-29)22-6-14-30/h31H,1-24H2. The van der Waals surface area contributed by atoms with E-state index in [1.54, 1.807) is 34.5 Å². The van der Waals surface area contributed by atoms with E-state index in [1.165, 1.54) is 103 Å². The normalized spacial score (nSPS) is 13.5. The van der Waals surface area contributed by atoms with E-state index in [0.717, 1.165) is 0 Å². The number of hydrogen-bond donors (Lipinski definition) is 1. The average Bonchev–Trinajstić information content (AvgIpc) is 2.84. The fourth-order valence-corrected chi connectivity index (χ4v) is 18.4. The van der Waals surface area contributed by atoms with Gasteiger partial charge in [-0.2, -0.15) is 0 Å². The molecule has 0 fully saturated rings. The topological polar surface area (TPSA) is 12.0 Å². The molecular formula is C24H49I6NS2. The predicted octanol–water partition coefficient (Wildman–Crippen LogP) is 9.92. The maximum Gasteiger partial charge on any atom is 0.000256 e. The lowest BCUT2D eigenvalue weighted by atomic mass is 10.4. The van der Waals surface area contributed by atoms with Crippen LogP contribution in [0.5, 0.6) is 0 Å². The molecule has 33 heavy (non-hydrogen) atoms. The summed E-state index contributed by atoms with van der Waals surface area (Å²) in [5, 5.41) is 3.88. The van der Waals surface area contributed by atoms with Crippen LogP contribution < -0.4 is 5.32 Å². The van der Waals surface area contributed by atoms with Crippen molar-refractivity contribution < 1.29 is 0 Å². The molecule has 0 spiro atoms. The van der Waals surface area contributed by atoms with Crippen molar-refractivity contribution in [2.75, 3.05) is 85.7 Å². The van der Waals surface area contributed by atoms with Crippen LogP contribution in [-0.2, 0) is 0 Å². The summed E-state index contributed by atoms with van der Waals surface area (Å²) in [5.74, 6) is 12.3. The SMILES string of the molecule is ICCCS(CCCI)(CCCI)CCCNCCCS(CCCI)(CCCI)CCCI. The summed E-state index contributed by atoms with van der Waals surface area (Å²) in [5.41, 5.74) is 0. The molecule has 0 heterocycles. The molecule has 0 radical (unpaired) electrons. The molecule has 204 valence electrons. The van der Waals surface area contributed by atoms with Crippen molar-refractivity contribution in [1.29, 1.82) is 0 Å². The van der Waals surface area contributed by atoms with Gasteiger partial charge in [0, 0.05) is 26.6 Å². The fraction of sp³-hybridized carbons (Fsp3) is 1.00. The predicted molar refractivity (Wildman–Crippen MR) is 217 cm³/mol. The van der Waals surface area contributed by atoms with E-state index in [4.69, 9.17) is 0 Å². The molecule has 1 nitrogen and oxygen atoms in total. The molecule has 0 aliphatic carbocycles. The van der Waals surface area contributed by atoms with Crippen molar-refractivity contribution in [2.24, 2.45) is 0 Å². The van der Waals surface area contributed by atoms with E-state index in [9.17, 15) is 0 Å². The smallest absolute Gasteiger partial charge is 0.000256 e. The molecule has 0 atom stereocenters. The van der Waals surface area contributed by atoms with Gasteiger partial charge in [0.2, 0.25) is 0 Å². The van der Waals surface area contributed by atoms with Crippen LogP contribution in [0.3, 0.4) is 0 Å². The molecule has 0 bridgehead atoms. The van der Waals surface area contributed by atoms with Gasteiger partial charge in [-0.15, -0.1) is 0 Å². The second-order valence-corrected chi connectivity index (χ2v) is 23.4. The van der Waals surface area contributed by atoms with Gasteiger partial charge >= 0.3 is 0 Å². The highest BCUT2D eigenvalue weighted by atomic mass is 127. The molecular weight excluding hydrogens is 1130 g/mol. The first kappa shape index (κ1) is 38.0. The molecule has 9 heteroatoms. The number of alkyl halides is 6. The Morgan fingerprint density at radius 2 is 0.545 bits per heavy atom. The molecule has 0 saturated carbocycles. The third kappa shape index (κ3) is 20.6. The number of rotatable bonds is 26. The maximum absolute atomic E-state index is 3.88. The van der Waals surface area contributed by atoms with Gasteiger partial charge in [0.05, 0.1) is 0 Å². The van der Waals surface area contributed by atoms with Crippen LogP contribution in [0.1, 0.15) is 51.4 Å². The lowest BCUT2D eigenvalue weighted by molar-refractivity contribution is 0.664. The first-order chi connectivity index (χ1) is 16.1. The lowest BCUT2D eigenvalue weighted by Gasteiger charge is -2.41. The Kier molecular flexibility index (Phi) is 31.4. The van der Waals surface area contributed by atoms with Crippen LogP contribution in [0.25, 0.3) is 0 Å². The Morgan fingerprint density at radius 1 is 0.333 bits per heavy atom. The molecule has 0 aromatic carbocycles. The average molecular weight is 1180 g/mol. The summed E-state index contributed by atoms with van der Waals surface area (Å²) >= 11 is 15.6. The summed E-state index contributed by atoms with van der Waals surface area (Å²) in [6, 6.07) is 0. The van der Waals surface area contributed by atoms with Crippen LogP contribution in [0.15, 0.2) is 0 Å². The minimum atomic E-state index is -0.382. The molecule has 0 aliphatic rings. The molecule has 0 aromatic rings. The summed E-state index contributed by atoms with van der Waals surface area (Å²) in [6.07, 6.45) is 11.5. The van der Waals surface area contributed by atoms with Gasteiger partial charge < -0.3 is 5.32 Å². The van der Waals surface area contributed by atoms with Crippen molar-refractivity contribution in [3.05, 3.63) is 0 Å². The van der Waals surface area contributed by atoms with E-state index in [1.807, 2.05) is 0 Å². The van der Waals surface area contributed by atoms with Crippen molar-refractivity contribution in [1.82, 2.24) is 5.32 Å². The molecule has 0 unspecified atom stereocenters. The number of nitrogens with one attached hydrogen (secondary N) is 1. The highest BCUT2D eigenvalue weighted by Gasteiger charge is 2.23. The molecule has 0 saturated heterocycles. The number of halogens is 6. The van der Waals surface area contributed by atoms with Crippen LogP contribution in [0, 0.1) is 0 Å². The third-order valence-corrected chi connectivity index (χ3v) is 19.9. The monoisotopic (exact) mass is 1180 g/mol. The van der Waals surface area contributed by atoms with E-state index in [0.29, 0.717) is 0 Å². The van der Waals surface area contributed by atoms with Crippen LogP contribution in [-0.4, -0.2) is 85.7 Å². The van der Waals surface area contributed by atoms with E-state index in [2.05, 4.69) is 141 Å². The largest absolute Gasteiger partial charge is 0.317 e. The molecule has 0 amide bonds. The van der Waals surface area contributed by atoms with Crippen molar-refractivity contribution in [3.63, 3.8) is 0 Å². The molecule has 0 aliphatic heterocycles. The van der Waals surface area contributed by atoms with Gasteiger partial charge in [-0.25, -0.2) is 20.1 Å². The van der Waals surface area contributed by atoms with Gasteiger partial charge in [-0.1, -0.05) is 136 Å². The summed E-state index contributed by atoms with van der Waals surface area (Å²) in [7, 11) is -0.764. The highest BCUT2D eigenvalue weighted by molar-refractivity contribution is 14.1. The van der Waals surface area contributed by atoms with Crippen LogP contribution >= 0.6 is 156 Å². The Morgan fingerprint density at radius 3 is 0.758 bits per heavy atom. The van der Waals surface area contributed by atoms with Crippen molar-refractivity contribution >= 4 is 156 Å². The van der Waals surface area contributed by atoms with Gasteiger partial charge in [-0.05, 0) is 110 Å². The van der Waals surface area contributed by atoms with E-state index < -0.39 is 0 Å². The van der Waals surface area contributed by atoms with Crippen molar-refractivity contribution in [3.8, 4) is 0 Å². The summed E-state index contributed by atoms with van der Waals surface area (Å²) in [4.78, 5) is 0. The Hall–Kier alpha value is 5.04. The second kappa shape index (κ2) is 27.2. The summed E-state index contributed by atoms with van der Waals surface area (Å²) in [6.45, 7) is 2.51. The fourth-order valence-electron chi connectivity index (χ4n) is 4.52. The third-order valence-electron chi connectivity index (χ3n) is 6.13. The van der Waals surface area contributed by atoms with Crippen LogP contribution in [0.4, 0.5) is 0 Å². The Labute approximate surface area is 292 Å². The van der Waals surface area contributed by atoms with E-state index in [-0.39, 0.29) is 20.1 Å². The zero-order chi connectivity index (χ0) is 24.7. The van der Waals surface area contributed by atoms with Gasteiger partial charge in [0.15, 0.2) is 0 Å². The highest BCUT2D eigenvalue weighted by Crippen LogP contribution is 2.51. The second-order valence-electron chi connectivity index (χ2n) is 8.79. The molecule has 1 N–H and O–H groups in total. The Balaban J connectivity index is 4.60. The minimum absolute atomic E-state index is 0.382. The molecule has 0 rings (SSSR count). The van der Waals surface area contributed by atoms with Gasteiger partial charge in [0.25, 0.3) is 0 Å². The first-order valence-corrected chi connectivity index (χ1v) is 26.4. The lowest BCUT2D eigenvalue weighted by Crippen LogP contribution is -2.25. The summed E-state index contributed by atoms with van der Waals surface area (Å²) < 4.78 is 8.06. The Bertz CT molecular complexity index is 341. The van der Waals surface area contributed by atoms with Gasteiger partial charge in [-0.3, -0.25) is 0 Å². The van der Waals surface area contributed by atoms with Crippen LogP contribution in [0.2, 0.25) is 0 Å². The number of hydrogen-bond acceptors (Lipinski definition) is 1. The zero-order valence-electron chi connectivity index (χ0n) is 20.6. The quantitative estimate of drug-likeness (QED) is 0.0517. The van der Waals surface area contributed by atoms with Gasteiger partial charge in [0.1, 0.15) is 0 Å². The first-order valence-electron chi connectivity index (χ1n) is 12.6.